The van der Waals surface area contributed by atoms with Crippen LogP contribution in [0.2, 0.25) is 0 Å². The maximum Gasteiger partial charge on any atom is 0.243 e. The molecule has 1 atom stereocenters. The summed E-state index contributed by atoms with van der Waals surface area (Å²) in [4.78, 5) is 17.8. The monoisotopic (exact) mass is 510 g/mol. The van der Waals surface area contributed by atoms with E-state index in [4.69, 9.17) is 4.52 Å². The van der Waals surface area contributed by atoms with E-state index in [1.54, 1.807) is 0 Å². The Balaban J connectivity index is 1.40. The second-order valence-electron chi connectivity index (χ2n) is 10.00. The van der Waals surface area contributed by atoms with E-state index in [0.717, 1.165) is 22.3 Å². The highest BCUT2D eigenvalue weighted by molar-refractivity contribution is 7.89. The van der Waals surface area contributed by atoms with E-state index in [2.05, 4.69) is 15.5 Å². The standard InChI is InChI=1S/C27H34N4O4S/c1-17(2)27-29-24(30-35-27)15-21-8-10-23(11-9-21)28-26(32)22-7-6-12-31(16-22)36(33,34)25-19(4)13-18(3)14-20(25)5/h8-11,13-14,17,22H,6-7,12,15-16H2,1-5H3,(H,28,32). The van der Waals surface area contributed by atoms with Crippen LogP contribution in [0.15, 0.2) is 45.8 Å². The molecule has 3 aromatic rings. The maximum atomic E-state index is 13.5. The number of benzene rings is 2. The van der Waals surface area contributed by atoms with Crippen LogP contribution < -0.4 is 5.32 Å². The predicted molar refractivity (Wildman–Crippen MR) is 138 cm³/mol. The fourth-order valence-electron chi connectivity index (χ4n) is 4.78. The third-order valence-electron chi connectivity index (χ3n) is 6.52. The minimum Gasteiger partial charge on any atom is -0.339 e. The van der Waals surface area contributed by atoms with Gasteiger partial charge in [0.25, 0.3) is 0 Å². The molecule has 2 heterocycles. The van der Waals surface area contributed by atoms with Crippen LogP contribution in [0.1, 0.15) is 66.6 Å². The van der Waals surface area contributed by atoms with Crippen molar-refractivity contribution in [3.8, 4) is 0 Å². The lowest BCUT2D eigenvalue weighted by atomic mass is 9.98. The number of hydrogen-bond donors (Lipinski definition) is 1. The van der Waals surface area contributed by atoms with Gasteiger partial charge in [-0.2, -0.15) is 9.29 Å². The SMILES string of the molecule is Cc1cc(C)c(S(=O)(=O)N2CCCC(C(=O)Nc3ccc(Cc4noc(C(C)C)n4)cc3)C2)c(C)c1. The molecule has 1 unspecified atom stereocenters. The first-order valence-electron chi connectivity index (χ1n) is 12.3. The molecule has 1 aliphatic heterocycles. The van der Waals surface area contributed by atoms with Crippen molar-refractivity contribution < 1.29 is 17.7 Å². The maximum absolute atomic E-state index is 13.5. The van der Waals surface area contributed by atoms with E-state index < -0.39 is 15.9 Å². The summed E-state index contributed by atoms with van der Waals surface area (Å²) in [5, 5.41) is 6.97. The molecule has 1 amide bonds. The molecule has 1 N–H and O–H groups in total. The van der Waals surface area contributed by atoms with Gasteiger partial charge in [0.05, 0.1) is 10.8 Å². The fraction of sp³-hybridized carbons (Fsp3) is 0.444. The molecule has 1 aromatic heterocycles. The van der Waals surface area contributed by atoms with Gasteiger partial charge in [-0.3, -0.25) is 4.79 Å². The summed E-state index contributed by atoms with van der Waals surface area (Å²) in [5.41, 5.74) is 4.18. The average Bonchev–Trinajstić information content (AvgIpc) is 3.28. The molecule has 1 fully saturated rings. The van der Waals surface area contributed by atoms with Crippen molar-refractivity contribution in [3.05, 3.63) is 70.4 Å². The van der Waals surface area contributed by atoms with Crippen LogP contribution in [-0.4, -0.2) is 41.9 Å². The fourth-order valence-corrected chi connectivity index (χ4v) is 6.72. The molecule has 1 aliphatic rings. The molecule has 4 rings (SSSR count). The number of rotatable bonds is 7. The third kappa shape index (κ3) is 5.68. The highest BCUT2D eigenvalue weighted by Crippen LogP contribution is 2.29. The molecule has 9 heteroatoms. The lowest BCUT2D eigenvalue weighted by Crippen LogP contribution is -2.44. The first-order valence-corrected chi connectivity index (χ1v) is 13.8. The molecule has 192 valence electrons. The number of nitrogens with one attached hydrogen (secondary N) is 1. The molecule has 36 heavy (non-hydrogen) atoms. The van der Waals surface area contributed by atoms with Gasteiger partial charge in [-0.1, -0.05) is 48.8 Å². The highest BCUT2D eigenvalue weighted by Gasteiger charge is 2.35. The van der Waals surface area contributed by atoms with Crippen molar-refractivity contribution in [2.45, 2.75) is 64.7 Å². The van der Waals surface area contributed by atoms with E-state index in [0.29, 0.717) is 48.1 Å². The molecule has 0 spiro atoms. The number of piperidine rings is 1. The van der Waals surface area contributed by atoms with Gasteiger partial charge in [0, 0.05) is 31.1 Å². The summed E-state index contributed by atoms with van der Waals surface area (Å²) >= 11 is 0. The second-order valence-corrected chi connectivity index (χ2v) is 11.9. The lowest BCUT2D eigenvalue weighted by Gasteiger charge is -2.32. The number of carbonyl (C=O) groups excluding carboxylic acids is 1. The van der Waals surface area contributed by atoms with E-state index in [-0.39, 0.29) is 18.4 Å². The van der Waals surface area contributed by atoms with Gasteiger partial charge in [-0.05, 0) is 62.4 Å². The molecule has 1 saturated heterocycles. The Hall–Kier alpha value is -3.04. The minimum absolute atomic E-state index is 0.167. The minimum atomic E-state index is -3.68. The number of hydrogen-bond acceptors (Lipinski definition) is 6. The molecule has 0 radical (unpaired) electrons. The zero-order valence-corrected chi connectivity index (χ0v) is 22.4. The normalized spacial score (nSPS) is 16.9. The molecule has 2 aromatic carbocycles. The van der Waals surface area contributed by atoms with Gasteiger partial charge in [-0.25, -0.2) is 8.42 Å². The van der Waals surface area contributed by atoms with E-state index in [1.165, 1.54) is 4.31 Å². The first-order chi connectivity index (χ1) is 17.0. The van der Waals surface area contributed by atoms with Crippen LogP contribution in [0.25, 0.3) is 0 Å². The largest absolute Gasteiger partial charge is 0.339 e. The van der Waals surface area contributed by atoms with Crippen LogP contribution in [0.3, 0.4) is 0 Å². The zero-order valence-electron chi connectivity index (χ0n) is 21.5. The Bertz CT molecular complexity index is 1320. The highest BCUT2D eigenvalue weighted by atomic mass is 32.2. The summed E-state index contributed by atoms with van der Waals surface area (Å²) in [6.07, 6.45) is 1.83. The average molecular weight is 511 g/mol. The molecule has 0 bridgehead atoms. The van der Waals surface area contributed by atoms with E-state index in [1.807, 2.05) is 71.0 Å². The third-order valence-corrected chi connectivity index (χ3v) is 8.69. The first kappa shape index (κ1) is 26.0. The number of aromatic nitrogens is 2. The van der Waals surface area contributed by atoms with Gasteiger partial charge in [0.1, 0.15) is 0 Å². The van der Waals surface area contributed by atoms with Crippen LogP contribution in [0.4, 0.5) is 5.69 Å². The van der Waals surface area contributed by atoms with Gasteiger partial charge in [-0.15, -0.1) is 0 Å². The van der Waals surface area contributed by atoms with E-state index in [9.17, 15) is 13.2 Å². The predicted octanol–water partition coefficient (Wildman–Crippen LogP) is 4.75. The van der Waals surface area contributed by atoms with Crippen LogP contribution in [-0.2, 0) is 21.2 Å². The molecular formula is C27H34N4O4S. The van der Waals surface area contributed by atoms with Gasteiger partial charge >= 0.3 is 0 Å². The Morgan fingerprint density at radius 1 is 1.14 bits per heavy atom. The number of sulfonamides is 1. The molecule has 0 saturated carbocycles. The van der Waals surface area contributed by atoms with Gasteiger partial charge in [0.15, 0.2) is 5.82 Å². The van der Waals surface area contributed by atoms with Crippen molar-refractivity contribution in [2.24, 2.45) is 5.92 Å². The molecule has 8 nitrogen and oxygen atoms in total. The Morgan fingerprint density at radius 2 is 1.81 bits per heavy atom. The van der Waals surface area contributed by atoms with Crippen LogP contribution in [0.5, 0.6) is 0 Å². The molecular weight excluding hydrogens is 476 g/mol. The van der Waals surface area contributed by atoms with Crippen molar-refractivity contribution in [3.63, 3.8) is 0 Å². The van der Waals surface area contributed by atoms with E-state index >= 15 is 0 Å². The van der Waals surface area contributed by atoms with Crippen molar-refractivity contribution in [1.82, 2.24) is 14.4 Å². The zero-order chi connectivity index (χ0) is 26.0. The smallest absolute Gasteiger partial charge is 0.243 e. The van der Waals surface area contributed by atoms with Gasteiger partial charge < -0.3 is 9.84 Å². The number of nitrogens with zero attached hydrogens (tertiary/aromatic N) is 3. The number of amides is 1. The van der Waals surface area contributed by atoms with Crippen LogP contribution in [0, 0.1) is 26.7 Å². The Kier molecular flexibility index (Phi) is 7.61. The van der Waals surface area contributed by atoms with Gasteiger partial charge in [0.2, 0.25) is 21.8 Å². The summed E-state index contributed by atoms with van der Waals surface area (Å²) in [7, 11) is -3.68. The number of carbonyl (C=O) groups is 1. The van der Waals surface area contributed by atoms with Crippen molar-refractivity contribution >= 4 is 21.6 Å². The number of anilines is 1. The summed E-state index contributed by atoms with van der Waals surface area (Å²) in [5.74, 6) is 0.843. The lowest BCUT2D eigenvalue weighted by molar-refractivity contribution is -0.120. The van der Waals surface area contributed by atoms with Crippen molar-refractivity contribution in [1.29, 1.82) is 0 Å². The number of aryl methyl sites for hydroxylation is 3. The molecule has 0 aliphatic carbocycles. The quantitative estimate of drug-likeness (QED) is 0.492. The summed E-state index contributed by atoms with van der Waals surface area (Å²) in [6, 6.07) is 11.3. The second kappa shape index (κ2) is 10.5. The Morgan fingerprint density at radius 3 is 2.42 bits per heavy atom. The summed E-state index contributed by atoms with van der Waals surface area (Å²) in [6.45, 7) is 10.2. The Labute approximate surface area is 213 Å². The summed E-state index contributed by atoms with van der Waals surface area (Å²) < 4.78 is 33.7. The van der Waals surface area contributed by atoms with Crippen LogP contribution >= 0.6 is 0 Å². The van der Waals surface area contributed by atoms with Crippen molar-refractivity contribution in [2.75, 3.05) is 18.4 Å². The topological polar surface area (TPSA) is 105 Å².